The minimum Gasteiger partial charge on any atom is -0.395 e. The Morgan fingerprint density at radius 1 is 1.23 bits per heavy atom. The molecule has 0 heterocycles. The molecule has 0 amide bonds. The molecule has 80 valence electrons. The van der Waals surface area contributed by atoms with Crippen molar-refractivity contribution in [2.24, 2.45) is 5.92 Å². The van der Waals surface area contributed by atoms with Crippen LogP contribution in [0.1, 0.15) is 47.0 Å². The third-order valence-electron chi connectivity index (χ3n) is 2.49. The van der Waals surface area contributed by atoms with Crippen LogP contribution in [0.25, 0.3) is 0 Å². The van der Waals surface area contributed by atoms with Crippen molar-refractivity contribution in [3.05, 3.63) is 0 Å². The third kappa shape index (κ3) is 6.05. The molecule has 2 N–H and O–H groups in total. The van der Waals surface area contributed by atoms with Gasteiger partial charge in [-0.15, -0.1) is 0 Å². The van der Waals surface area contributed by atoms with Gasteiger partial charge >= 0.3 is 0 Å². The lowest BCUT2D eigenvalue weighted by Gasteiger charge is -2.24. The Morgan fingerprint density at radius 3 is 2.23 bits per heavy atom. The van der Waals surface area contributed by atoms with Gasteiger partial charge in [-0.05, 0) is 19.3 Å². The summed E-state index contributed by atoms with van der Waals surface area (Å²) in [4.78, 5) is 0. The largest absolute Gasteiger partial charge is 0.395 e. The maximum absolute atomic E-state index is 9.11. The highest BCUT2D eigenvalue weighted by atomic mass is 16.3. The summed E-state index contributed by atoms with van der Waals surface area (Å²) in [5.74, 6) is 0.508. The molecule has 0 aliphatic rings. The van der Waals surface area contributed by atoms with Gasteiger partial charge in [0.1, 0.15) is 0 Å². The first-order valence-electron chi connectivity index (χ1n) is 5.48. The second kappa shape index (κ2) is 7.34. The highest BCUT2D eigenvalue weighted by Gasteiger charge is 2.13. The molecule has 13 heavy (non-hydrogen) atoms. The number of aliphatic hydroxyl groups excluding tert-OH is 1. The van der Waals surface area contributed by atoms with Gasteiger partial charge in [0.2, 0.25) is 0 Å². The molecular weight excluding hydrogens is 162 g/mol. The molecule has 0 aromatic carbocycles. The summed E-state index contributed by atoms with van der Waals surface area (Å²) in [5, 5.41) is 12.6. The molecular formula is C11H25NO. The molecule has 0 aliphatic carbocycles. The predicted molar refractivity (Wildman–Crippen MR) is 57.8 cm³/mol. The summed E-state index contributed by atoms with van der Waals surface area (Å²) in [6, 6.07) is 0.784. The molecule has 0 aromatic rings. The minimum atomic E-state index is 0.244. The van der Waals surface area contributed by atoms with Crippen LogP contribution in [0.4, 0.5) is 0 Å². The van der Waals surface area contributed by atoms with E-state index in [4.69, 9.17) is 5.11 Å². The molecule has 0 spiro atoms. The highest BCUT2D eigenvalue weighted by Crippen LogP contribution is 2.05. The van der Waals surface area contributed by atoms with E-state index in [-0.39, 0.29) is 12.6 Å². The van der Waals surface area contributed by atoms with Gasteiger partial charge in [-0.2, -0.15) is 0 Å². The van der Waals surface area contributed by atoms with Crippen molar-refractivity contribution in [1.82, 2.24) is 5.32 Å². The van der Waals surface area contributed by atoms with E-state index < -0.39 is 0 Å². The number of rotatable bonds is 7. The fourth-order valence-corrected chi connectivity index (χ4v) is 1.42. The Morgan fingerprint density at radius 2 is 1.85 bits per heavy atom. The zero-order valence-corrected chi connectivity index (χ0v) is 9.51. The molecule has 1 unspecified atom stereocenters. The number of hydrogen-bond donors (Lipinski definition) is 2. The molecule has 0 bridgehead atoms. The molecule has 2 heteroatoms. The van der Waals surface area contributed by atoms with Gasteiger partial charge in [-0.1, -0.05) is 33.6 Å². The zero-order chi connectivity index (χ0) is 10.3. The summed E-state index contributed by atoms with van der Waals surface area (Å²) >= 11 is 0. The molecule has 0 saturated carbocycles. The van der Waals surface area contributed by atoms with Gasteiger partial charge in [0.05, 0.1) is 6.61 Å². The lowest BCUT2D eigenvalue weighted by atomic mass is 10.0. The average Bonchev–Trinajstić information content (AvgIpc) is 2.10. The van der Waals surface area contributed by atoms with Crippen LogP contribution >= 0.6 is 0 Å². The lowest BCUT2D eigenvalue weighted by molar-refractivity contribution is 0.199. The van der Waals surface area contributed by atoms with Crippen LogP contribution in [0.5, 0.6) is 0 Å². The Hall–Kier alpha value is -0.0800. The molecule has 2 nitrogen and oxygen atoms in total. The van der Waals surface area contributed by atoms with Crippen molar-refractivity contribution in [3.8, 4) is 0 Å². The first-order valence-corrected chi connectivity index (χ1v) is 5.48. The number of unbranched alkanes of at least 4 members (excludes halogenated alkanes) is 1. The predicted octanol–water partition coefficient (Wildman–Crippen LogP) is 2.17. The maximum Gasteiger partial charge on any atom is 0.0587 e. The van der Waals surface area contributed by atoms with Crippen LogP contribution in [-0.4, -0.2) is 23.8 Å². The van der Waals surface area contributed by atoms with Crippen molar-refractivity contribution in [2.45, 2.75) is 59.0 Å². The van der Waals surface area contributed by atoms with Crippen molar-refractivity contribution in [1.29, 1.82) is 0 Å². The van der Waals surface area contributed by atoms with E-state index in [9.17, 15) is 0 Å². The first kappa shape index (κ1) is 12.9. The molecule has 0 fully saturated rings. The number of nitrogens with one attached hydrogen (secondary N) is 1. The quantitative estimate of drug-likeness (QED) is 0.640. The zero-order valence-electron chi connectivity index (χ0n) is 9.51. The van der Waals surface area contributed by atoms with Crippen LogP contribution in [-0.2, 0) is 0 Å². The normalized spacial score (nSPS) is 16.2. The van der Waals surface area contributed by atoms with E-state index in [1.807, 2.05) is 0 Å². The molecule has 0 aromatic heterocycles. The summed E-state index contributed by atoms with van der Waals surface area (Å²) < 4.78 is 0. The number of hydrogen-bond acceptors (Lipinski definition) is 2. The van der Waals surface area contributed by atoms with E-state index >= 15 is 0 Å². The molecule has 0 rings (SSSR count). The standard InChI is InChI=1S/C11H25NO/c1-5-6-7-10(4)12-11(8-13)9(2)3/h9-13H,5-8H2,1-4H3/t10?,11-/m1/s1. The van der Waals surface area contributed by atoms with Gasteiger partial charge in [0.15, 0.2) is 0 Å². The van der Waals surface area contributed by atoms with Gasteiger partial charge in [0.25, 0.3) is 0 Å². The second-order valence-electron chi connectivity index (χ2n) is 4.24. The first-order chi connectivity index (χ1) is 6.11. The third-order valence-corrected chi connectivity index (χ3v) is 2.49. The monoisotopic (exact) mass is 187 g/mol. The van der Waals surface area contributed by atoms with Crippen molar-refractivity contribution >= 4 is 0 Å². The van der Waals surface area contributed by atoms with Crippen molar-refractivity contribution in [2.75, 3.05) is 6.61 Å². The van der Waals surface area contributed by atoms with E-state index in [2.05, 4.69) is 33.0 Å². The van der Waals surface area contributed by atoms with Crippen LogP contribution in [0.2, 0.25) is 0 Å². The van der Waals surface area contributed by atoms with E-state index in [0.717, 1.165) is 0 Å². The van der Waals surface area contributed by atoms with E-state index in [1.54, 1.807) is 0 Å². The fourth-order valence-electron chi connectivity index (χ4n) is 1.42. The number of aliphatic hydroxyl groups is 1. The van der Waals surface area contributed by atoms with Crippen molar-refractivity contribution in [3.63, 3.8) is 0 Å². The van der Waals surface area contributed by atoms with E-state index in [0.29, 0.717) is 12.0 Å². The average molecular weight is 187 g/mol. The van der Waals surface area contributed by atoms with Gasteiger partial charge < -0.3 is 10.4 Å². The summed E-state index contributed by atoms with van der Waals surface area (Å²) in [5.41, 5.74) is 0. The highest BCUT2D eigenvalue weighted by molar-refractivity contribution is 4.73. The second-order valence-corrected chi connectivity index (χ2v) is 4.24. The van der Waals surface area contributed by atoms with Gasteiger partial charge in [-0.25, -0.2) is 0 Å². The lowest BCUT2D eigenvalue weighted by Crippen LogP contribution is -2.42. The SMILES string of the molecule is CCCCC(C)N[C@H](CO)C(C)C. The molecule has 2 atom stereocenters. The van der Waals surface area contributed by atoms with Gasteiger partial charge in [0, 0.05) is 12.1 Å². The van der Waals surface area contributed by atoms with E-state index in [1.165, 1.54) is 19.3 Å². The Balaban J connectivity index is 3.66. The van der Waals surface area contributed by atoms with Crippen LogP contribution < -0.4 is 5.32 Å². The topological polar surface area (TPSA) is 32.3 Å². The molecule has 0 radical (unpaired) electrons. The Bertz CT molecular complexity index is 115. The minimum absolute atomic E-state index is 0.244. The van der Waals surface area contributed by atoms with Crippen molar-refractivity contribution < 1.29 is 5.11 Å². The Labute approximate surface area is 82.7 Å². The Kier molecular flexibility index (Phi) is 7.29. The van der Waals surface area contributed by atoms with Gasteiger partial charge in [-0.3, -0.25) is 0 Å². The molecule has 0 aliphatic heterocycles. The fraction of sp³-hybridized carbons (Fsp3) is 1.00. The summed E-state index contributed by atoms with van der Waals surface area (Å²) in [7, 11) is 0. The van der Waals surface area contributed by atoms with Crippen LogP contribution in [0, 0.1) is 5.92 Å². The van der Waals surface area contributed by atoms with Crippen LogP contribution in [0.3, 0.4) is 0 Å². The molecule has 0 saturated heterocycles. The summed E-state index contributed by atoms with van der Waals surface area (Å²) in [6.45, 7) is 8.92. The smallest absolute Gasteiger partial charge is 0.0587 e. The maximum atomic E-state index is 9.11. The summed E-state index contributed by atoms with van der Waals surface area (Å²) in [6.07, 6.45) is 3.72. The van der Waals surface area contributed by atoms with Crippen LogP contribution in [0.15, 0.2) is 0 Å².